The molecule has 1 atom stereocenters. The van der Waals surface area contributed by atoms with Crippen molar-refractivity contribution in [2.75, 3.05) is 0 Å². The SMILES string of the molecule is N#CC1=C(N)C(C#N)(C#N)C(c2ccc(OC(F)F)cc2)C=C1C1CC1. The molecule has 7 heteroatoms. The Hall–Kier alpha value is -3.37. The van der Waals surface area contributed by atoms with Crippen LogP contribution in [0.25, 0.3) is 0 Å². The number of allylic oxidation sites excluding steroid dienone is 4. The molecule has 2 N–H and O–H groups in total. The fraction of sp³-hybridized carbons (Fsp3) is 0.316. The summed E-state index contributed by atoms with van der Waals surface area (Å²) in [7, 11) is 0. The second-order valence-electron chi connectivity index (χ2n) is 6.25. The van der Waals surface area contributed by atoms with Crippen molar-refractivity contribution in [3.63, 3.8) is 0 Å². The highest BCUT2D eigenvalue weighted by molar-refractivity contribution is 5.60. The highest BCUT2D eigenvalue weighted by Gasteiger charge is 2.49. The van der Waals surface area contributed by atoms with Gasteiger partial charge in [0, 0.05) is 5.92 Å². The van der Waals surface area contributed by atoms with Crippen LogP contribution >= 0.6 is 0 Å². The topological polar surface area (TPSA) is 107 Å². The quantitative estimate of drug-likeness (QED) is 0.892. The van der Waals surface area contributed by atoms with Crippen molar-refractivity contribution in [2.24, 2.45) is 17.1 Å². The van der Waals surface area contributed by atoms with Crippen molar-refractivity contribution in [1.29, 1.82) is 15.8 Å². The second kappa shape index (κ2) is 6.50. The number of benzene rings is 1. The van der Waals surface area contributed by atoms with Gasteiger partial charge in [0.25, 0.3) is 0 Å². The van der Waals surface area contributed by atoms with Crippen LogP contribution in [0.15, 0.2) is 47.2 Å². The lowest BCUT2D eigenvalue weighted by Gasteiger charge is -2.33. The van der Waals surface area contributed by atoms with E-state index in [0.717, 1.165) is 18.4 Å². The van der Waals surface area contributed by atoms with E-state index in [1.165, 1.54) is 24.3 Å². The predicted octanol–water partition coefficient (Wildman–Crippen LogP) is 3.49. The molecule has 5 nitrogen and oxygen atoms in total. The molecule has 1 fully saturated rings. The fourth-order valence-corrected chi connectivity index (χ4v) is 3.25. The van der Waals surface area contributed by atoms with Gasteiger partial charge in [-0.1, -0.05) is 18.2 Å². The summed E-state index contributed by atoms with van der Waals surface area (Å²) in [4.78, 5) is 0. The van der Waals surface area contributed by atoms with Gasteiger partial charge >= 0.3 is 6.61 Å². The van der Waals surface area contributed by atoms with Crippen LogP contribution in [-0.4, -0.2) is 6.61 Å². The van der Waals surface area contributed by atoms with E-state index in [1.54, 1.807) is 6.08 Å². The largest absolute Gasteiger partial charge is 0.435 e. The first kappa shape index (κ1) is 17.5. The number of halogens is 2. The minimum absolute atomic E-state index is 0.0216. The third-order valence-electron chi connectivity index (χ3n) is 4.74. The van der Waals surface area contributed by atoms with Crippen molar-refractivity contribution in [2.45, 2.75) is 25.4 Å². The molecule has 0 aromatic heterocycles. The Morgan fingerprint density at radius 3 is 2.19 bits per heavy atom. The molecule has 0 spiro atoms. The number of rotatable bonds is 4. The summed E-state index contributed by atoms with van der Waals surface area (Å²) in [5.41, 5.74) is 5.86. The second-order valence-corrected chi connectivity index (χ2v) is 6.25. The molecule has 26 heavy (non-hydrogen) atoms. The molecule has 1 aromatic carbocycles. The lowest BCUT2D eigenvalue weighted by atomic mass is 9.66. The van der Waals surface area contributed by atoms with Gasteiger partial charge in [0.2, 0.25) is 0 Å². The summed E-state index contributed by atoms with van der Waals surface area (Å²) < 4.78 is 29.0. The predicted molar refractivity (Wildman–Crippen MR) is 87.1 cm³/mol. The molecule has 0 heterocycles. The Bertz CT molecular complexity index is 895. The molecule has 0 aliphatic heterocycles. The minimum atomic E-state index is -2.94. The van der Waals surface area contributed by atoms with Crippen LogP contribution in [0.5, 0.6) is 5.75 Å². The van der Waals surface area contributed by atoms with E-state index in [-0.39, 0.29) is 22.9 Å². The van der Waals surface area contributed by atoms with Crippen LogP contribution in [0, 0.1) is 45.3 Å². The Kier molecular flexibility index (Phi) is 4.36. The smallest absolute Gasteiger partial charge is 0.387 e. The minimum Gasteiger partial charge on any atom is -0.435 e. The molecule has 3 rings (SSSR count). The van der Waals surface area contributed by atoms with E-state index in [9.17, 15) is 24.6 Å². The van der Waals surface area contributed by atoms with Crippen LogP contribution in [0.1, 0.15) is 24.3 Å². The van der Waals surface area contributed by atoms with Crippen molar-refractivity contribution < 1.29 is 13.5 Å². The molecule has 0 amide bonds. The molecule has 1 aromatic rings. The van der Waals surface area contributed by atoms with Gasteiger partial charge in [-0.05, 0) is 42.0 Å². The zero-order valence-corrected chi connectivity index (χ0v) is 13.6. The average Bonchev–Trinajstić information content (AvgIpc) is 3.46. The van der Waals surface area contributed by atoms with Crippen LogP contribution in [0.3, 0.4) is 0 Å². The molecule has 2 aliphatic carbocycles. The molecular weight excluding hydrogens is 338 g/mol. The Morgan fingerprint density at radius 1 is 1.12 bits per heavy atom. The van der Waals surface area contributed by atoms with Crippen molar-refractivity contribution in [3.8, 4) is 24.0 Å². The fourth-order valence-electron chi connectivity index (χ4n) is 3.25. The molecule has 0 bridgehead atoms. The van der Waals surface area contributed by atoms with Gasteiger partial charge in [-0.15, -0.1) is 0 Å². The third-order valence-corrected chi connectivity index (χ3v) is 4.74. The summed E-state index contributed by atoms with van der Waals surface area (Å²) in [6.45, 7) is -2.94. The first-order valence-corrected chi connectivity index (χ1v) is 7.96. The highest BCUT2D eigenvalue weighted by atomic mass is 19.3. The van der Waals surface area contributed by atoms with E-state index in [1.807, 2.05) is 18.2 Å². The van der Waals surface area contributed by atoms with Crippen molar-refractivity contribution in [3.05, 3.63) is 52.7 Å². The number of hydrogen-bond acceptors (Lipinski definition) is 5. The maximum Gasteiger partial charge on any atom is 0.387 e. The third kappa shape index (κ3) is 2.76. The lowest BCUT2D eigenvalue weighted by Crippen LogP contribution is -2.35. The normalized spacial score (nSPS) is 21.4. The van der Waals surface area contributed by atoms with E-state index in [0.29, 0.717) is 5.56 Å². The number of alkyl halides is 2. The van der Waals surface area contributed by atoms with Gasteiger partial charge in [-0.25, -0.2) is 0 Å². The number of nitriles is 3. The summed E-state index contributed by atoms with van der Waals surface area (Å²) >= 11 is 0. The maximum absolute atomic E-state index is 12.3. The van der Waals surface area contributed by atoms with E-state index >= 15 is 0 Å². The Balaban J connectivity index is 2.09. The first-order valence-electron chi connectivity index (χ1n) is 7.96. The zero-order valence-electron chi connectivity index (χ0n) is 13.6. The monoisotopic (exact) mass is 352 g/mol. The van der Waals surface area contributed by atoms with Crippen molar-refractivity contribution in [1.82, 2.24) is 0 Å². The summed E-state index contributed by atoms with van der Waals surface area (Å²) in [5, 5.41) is 28.9. The van der Waals surface area contributed by atoms with Gasteiger partial charge in [-0.2, -0.15) is 24.6 Å². The molecule has 0 radical (unpaired) electrons. The highest BCUT2D eigenvalue weighted by Crippen LogP contribution is 2.51. The van der Waals surface area contributed by atoms with Crippen LogP contribution in [0.4, 0.5) is 8.78 Å². The molecule has 2 aliphatic rings. The number of nitrogens with two attached hydrogens (primary N) is 1. The van der Waals surface area contributed by atoms with Gasteiger partial charge in [0.05, 0.1) is 23.4 Å². The first-order chi connectivity index (χ1) is 12.5. The van der Waals surface area contributed by atoms with Crippen LogP contribution < -0.4 is 10.5 Å². The number of ether oxygens (including phenoxy) is 1. The number of hydrogen-bond donors (Lipinski definition) is 1. The summed E-state index contributed by atoms with van der Waals surface area (Å²) in [5.74, 6) is -0.528. The molecule has 0 saturated heterocycles. The van der Waals surface area contributed by atoms with E-state index in [4.69, 9.17) is 5.73 Å². The number of nitrogens with zero attached hydrogens (tertiary/aromatic N) is 3. The average molecular weight is 352 g/mol. The zero-order chi connectivity index (χ0) is 18.9. The van der Waals surface area contributed by atoms with E-state index < -0.39 is 17.9 Å². The Labute approximate surface area is 149 Å². The standard InChI is InChI=1S/C19H14F2N4O/c20-18(21)26-13-5-3-12(4-6-13)16-7-14(11-1-2-11)15(8-22)17(25)19(16,9-23)10-24/h3-7,11,16,18H,1-2,25H2. The van der Waals surface area contributed by atoms with Gasteiger partial charge in [0.1, 0.15) is 11.8 Å². The van der Waals surface area contributed by atoms with Crippen LogP contribution in [0.2, 0.25) is 0 Å². The van der Waals surface area contributed by atoms with Crippen molar-refractivity contribution >= 4 is 0 Å². The maximum atomic E-state index is 12.3. The molecular formula is C19H14F2N4O. The van der Waals surface area contributed by atoms with E-state index in [2.05, 4.69) is 4.74 Å². The Morgan fingerprint density at radius 2 is 1.73 bits per heavy atom. The van der Waals surface area contributed by atoms with Gasteiger partial charge in [0.15, 0.2) is 5.41 Å². The van der Waals surface area contributed by atoms with Gasteiger partial charge < -0.3 is 10.5 Å². The van der Waals surface area contributed by atoms with Gasteiger partial charge in [-0.3, -0.25) is 0 Å². The summed E-state index contributed by atoms with van der Waals surface area (Å²) in [6.07, 6.45) is 3.59. The summed E-state index contributed by atoms with van der Waals surface area (Å²) in [6, 6.07) is 11.7. The molecule has 1 saturated carbocycles. The van der Waals surface area contributed by atoms with Crippen LogP contribution in [-0.2, 0) is 0 Å². The lowest BCUT2D eigenvalue weighted by molar-refractivity contribution is -0.0498. The molecule has 1 unspecified atom stereocenters. The molecule has 130 valence electrons.